The number of nitrogens with one attached hydrogen (secondary N) is 2. The fraction of sp³-hybridized carbons (Fsp3) is 0.350. The third-order valence-electron chi connectivity index (χ3n) is 4.27. The van der Waals surface area contributed by atoms with Gasteiger partial charge in [0, 0.05) is 25.8 Å². The Bertz CT molecular complexity index is 900. The molecular formula is C20H26N2O4S. The summed E-state index contributed by atoms with van der Waals surface area (Å²) >= 11 is 0. The Morgan fingerprint density at radius 3 is 2.37 bits per heavy atom. The van der Waals surface area contributed by atoms with Crippen molar-refractivity contribution in [1.82, 2.24) is 10.0 Å². The van der Waals surface area contributed by atoms with Crippen LogP contribution in [0.25, 0.3) is 0 Å². The van der Waals surface area contributed by atoms with Gasteiger partial charge < -0.3 is 10.1 Å². The van der Waals surface area contributed by atoms with Gasteiger partial charge in [0.1, 0.15) is 0 Å². The van der Waals surface area contributed by atoms with Gasteiger partial charge in [-0.2, -0.15) is 0 Å². The summed E-state index contributed by atoms with van der Waals surface area (Å²) in [4.78, 5) is 12.6. The third-order valence-corrected chi connectivity index (χ3v) is 5.73. The first-order valence-corrected chi connectivity index (χ1v) is 10.2. The Kier molecular flexibility index (Phi) is 7.12. The first kappa shape index (κ1) is 21.1. The van der Waals surface area contributed by atoms with Crippen molar-refractivity contribution in [3.63, 3.8) is 0 Å². The molecule has 0 aliphatic heterocycles. The van der Waals surface area contributed by atoms with Crippen LogP contribution in [0.2, 0.25) is 0 Å². The van der Waals surface area contributed by atoms with Gasteiger partial charge in [-0.05, 0) is 55.7 Å². The van der Waals surface area contributed by atoms with E-state index in [9.17, 15) is 13.2 Å². The van der Waals surface area contributed by atoms with Gasteiger partial charge >= 0.3 is 0 Å². The largest absolute Gasteiger partial charge is 0.383 e. The number of rotatable bonds is 8. The number of benzene rings is 2. The lowest BCUT2D eigenvalue weighted by Gasteiger charge is -2.13. The molecule has 6 nitrogen and oxygen atoms in total. The lowest BCUT2D eigenvalue weighted by Crippen LogP contribution is -2.28. The summed E-state index contributed by atoms with van der Waals surface area (Å²) in [6.45, 7) is 6.89. The second-order valence-corrected chi connectivity index (χ2v) is 8.25. The first-order chi connectivity index (χ1) is 12.7. The Morgan fingerprint density at radius 1 is 1.07 bits per heavy atom. The number of carbonyl (C=O) groups excluding carboxylic acids is 1. The minimum absolute atomic E-state index is 0.0500. The highest BCUT2D eigenvalue weighted by molar-refractivity contribution is 7.89. The number of ether oxygens (including phenoxy) is 1. The fourth-order valence-electron chi connectivity index (χ4n) is 2.93. The van der Waals surface area contributed by atoms with Crippen LogP contribution in [-0.4, -0.2) is 34.6 Å². The quantitative estimate of drug-likeness (QED) is 0.678. The standard InChI is InChI=1S/C20H26N2O4S/c1-14-10-15(2)19(16(3)11-14)13-21-20(23)17-6-5-7-18(12-17)27(24,25)22-8-9-26-4/h5-7,10-12,22H,8-9,13H2,1-4H3,(H,21,23). The van der Waals surface area contributed by atoms with E-state index in [2.05, 4.69) is 22.2 Å². The number of sulfonamides is 1. The van der Waals surface area contributed by atoms with Crippen molar-refractivity contribution >= 4 is 15.9 Å². The molecule has 2 aromatic carbocycles. The number of aryl methyl sites for hydroxylation is 3. The Morgan fingerprint density at radius 2 is 1.74 bits per heavy atom. The molecule has 0 unspecified atom stereocenters. The molecule has 0 atom stereocenters. The van der Waals surface area contributed by atoms with Crippen molar-refractivity contribution in [2.75, 3.05) is 20.3 Å². The van der Waals surface area contributed by atoms with E-state index in [1.807, 2.05) is 20.8 Å². The Labute approximate surface area is 161 Å². The van der Waals surface area contributed by atoms with Crippen molar-refractivity contribution in [3.05, 3.63) is 64.2 Å². The SMILES string of the molecule is COCCNS(=O)(=O)c1cccc(C(=O)NCc2c(C)cc(C)cc2C)c1. The van der Waals surface area contributed by atoms with Crippen LogP contribution in [0, 0.1) is 20.8 Å². The van der Waals surface area contributed by atoms with Crippen molar-refractivity contribution in [3.8, 4) is 0 Å². The second kappa shape index (κ2) is 9.12. The van der Waals surface area contributed by atoms with Gasteiger partial charge in [0.15, 0.2) is 0 Å². The number of carbonyl (C=O) groups is 1. The highest BCUT2D eigenvalue weighted by Crippen LogP contribution is 2.17. The molecule has 0 saturated carbocycles. The van der Waals surface area contributed by atoms with Crippen LogP contribution in [-0.2, 0) is 21.3 Å². The molecular weight excluding hydrogens is 364 g/mol. The molecule has 0 heterocycles. The number of methoxy groups -OCH3 is 1. The van der Waals surface area contributed by atoms with Crippen LogP contribution in [0.5, 0.6) is 0 Å². The molecule has 0 aliphatic carbocycles. The second-order valence-electron chi connectivity index (χ2n) is 6.48. The first-order valence-electron chi connectivity index (χ1n) is 8.68. The van der Waals surface area contributed by atoms with Crippen LogP contribution in [0.1, 0.15) is 32.6 Å². The minimum atomic E-state index is -3.68. The molecule has 146 valence electrons. The summed E-state index contributed by atoms with van der Waals surface area (Å²) in [7, 11) is -2.19. The molecule has 0 bridgehead atoms. The van der Waals surface area contributed by atoms with E-state index in [0.717, 1.165) is 16.7 Å². The molecule has 2 aromatic rings. The maximum Gasteiger partial charge on any atom is 0.251 e. The van der Waals surface area contributed by atoms with Gasteiger partial charge in [0.25, 0.3) is 5.91 Å². The summed E-state index contributed by atoms with van der Waals surface area (Å²) < 4.78 is 31.8. The molecule has 1 amide bonds. The van der Waals surface area contributed by atoms with E-state index >= 15 is 0 Å². The van der Waals surface area contributed by atoms with Gasteiger partial charge in [0.05, 0.1) is 11.5 Å². The highest BCUT2D eigenvalue weighted by Gasteiger charge is 2.16. The molecule has 7 heteroatoms. The monoisotopic (exact) mass is 390 g/mol. The van der Waals surface area contributed by atoms with E-state index in [4.69, 9.17) is 4.74 Å². The molecule has 0 radical (unpaired) electrons. The van der Waals surface area contributed by atoms with E-state index in [1.165, 1.54) is 24.8 Å². The third kappa shape index (κ3) is 5.63. The number of hydrogen-bond donors (Lipinski definition) is 2. The van der Waals surface area contributed by atoms with Crippen LogP contribution in [0.3, 0.4) is 0 Å². The molecule has 0 spiro atoms. The zero-order valence-electron chi connectivity index (χ0n) is 16.1. The van der Waals surface area contributed by atoms with Crippen LogP contribution in [0.4, 0.5) is 0 Å². The van der Waals surface area contributed by atoms with Crippen molar-refractivity contribution in [1.29, 1.82) is 0 Å². The van der Waals surface area contributed by atoms with Crippen molar-refractivity contribution in [2.45, 2.75) is 32.2 Å². The maximum atomic E-state index is 12.5. The van der Waals surface area contributed by atoms with Crippen LogP contribution in [0.15, 0.2) is 41.3 Å². The topological polar surface area (TPSA) is 84.5 Å². The smallest absolute Gasteiger partial charge is 0.251 e. The summed E-state index contributed by atoms with van der Waals surface area (Å²) in [5, 5.41) is 2.87. The zero-order chi connectivity index (χ0) is 20.0. The maximum absolute atomic E-state index is 12.5. The molecule has 2 rings (SSSR count). The normalized spacial score (nSPS) is 11.4. The van der Waals surface area contributed by atoms with Crippen LogP contribution < -0.4 is 10.0 Å². The Balaban J connectivity index is 2.12. The predicted octanol–water partition coefficient (Wildman–Crippen LogP) is 2.47. The van der Waals surface area contributed by atoms with Gasteiger partial charge in [-0.3, -0.25) is 4.79 Å². The summed E-state index contributed by atoms with van der Waals surface area (Å²) in [6.07, 6.45) is 0. The van der Waals surface area contributed by atoms with Gasteiger partial charge in [-0.25, -0.2) is 13.1 Å². The van der Waals surface area contributed by atoms with E-state index in [-0.39, 0.29) is 24.0 Å². The van der Waals surface area contributed by atoms with Crippen molar-refractivity contribution < 1.29 is 17.9 Å². The number of hydrogen-bond acceptors (Lipinski definition) is 4. The van der Waals surface area contributed by atoms with Gasteiger partial charge in [-0.1, -0.05) is 23.8 Å². The van der Waals surface area contributed by atoms with Crippen LogP contribution >= 0.6 is 0 Å². The highest BCUT2D eigenvalue weighted by atomic mass is 32.2. The fourth-order valence-corrected chi connectivity index (χ4v) is 3.98. The molecule has 0 aromatic heterocycles. The lowest BCUT2D eigenvalue weighted by molar-refractivity contribution is 0.0950. The summed E-state index contributed by atoms with van der Waals surface area (Å²) in [5.41, 5.74) is 4.78. The summed E-state index contributed by atoms with van der Waals surface area (Å²) in [6, 6.07) is 10.1. The molecule has 0 saturated heterocycles. The molecule has 2 N–H and O–H groups in total. The summed E-state index contributed by atoms with van der Waals surface area (Å²) in [5.74, 6) is -0.316. The van der Waals surface area contributed by atoms with Gasteiger partial charge in [0.2, 0.25) is 10.0 Å². The average Bonchev–Trinajstić information content (AvgIpc) is 2.61. The Hall–Kier alpha value is -2.22. The van der Waals surface area contributed by atoms with Gasteiger partial charge in [-0.15, -0.1) is 0 Å². The van der Waals surface area contributed by atoms with Crippen molar-refractivity contribution in [2.24, 2.45) is 0 Å². The average molecular weight is 391 g/mol. The predicted molar refractivity (Wildman–Crippen MR) is 105 cm³/mol. The minimum Gasteiger partial charge on any atom is -0.383 e. The lowest BCUT2D eigenvalue weighted by atomic mass is 10.00. The van der Waals surface area contributed by atoms with E-state index in [0.29, 0.717) is 12.1 Å². The van der Waals surface area contributed by atoms with E-state index < -0.39 is 10.0 Å². The molecule has 27 heavy (non-hydrogen) atoms. The van der Waals surface area contributed by atoms with E-state index in [1.54, 1.807) is 12.1 Å². The number of amides is 1. The molecule has 0 aliphatic rings. The zero-order valence-corrected chi connectivity index (χ0v) is 16.9. The molecule has 0 fully saturated rings.